The second-order valence-corrected chi connectivity index (χ2v) is 6.56. The van der Waals surface area contributed by atoms with E-state index < -0.39 is 0 Å². The molecule has 1 aromatic heterocycles. The molecular weight excluding hydrogens is 386 g/mol. The Kier molecular flexibility index (Phi) is 9.49. The predicted molar refractivity (Wildman–Crippen MR) is 103 cm³/mol. The Morgan fingerprint density at radius 2 is 2.08 bits per heavy atom. The van der Waals surface area contributed by atoms with Gasteiger partial charge in [0.25, 0.3) is 5.91 Å². The number of pyridine rings is 1. The molecule has 0 bridgehead atoms. The van der Waals surface area contributed by atoms with Crippen LogP contribution in [0.25, 0.3) is 0 Å². The summed E-state index contributed by atoms with van der Waals surface area (Å²) in [5, 5.41) is 8.48. The molecule has 8 heteroatoms. The minimum absolute atomic E-state index is 0.212. The molecule has 0 saturated carbocycles. The largest absolute Gasteiger partial charge is 0.357 e. The van der Waals surface area contributed by atoms with Gasteiger partial charge in [-0.15, -0.1) is 0 Å². The molecule has 2 amide bonds. The van der Waals surface area contributed by atoms with Gasteiger partial charge in [0.2, 0.25) is 6.41 Å². The highest BCUT2D eigenvalue weighted by atomic mass is 79.9. The van der Waals surface area contributed by atoms with Crippen LogP contribution in [0, 0.1) is 0 Å². The number of carbonyl (C=O) groups excluding carboxylic acids is 2. The molecule has 0 radical (unpaired) electrons. The maximum Gasteiger partial charge on any atom is 0.256 e. The van der Waals surface area contributed by atoms with Gasteiger partial charge < -0.3 is 20.9 Å². The van der Waals surface area contributed by atoms with Crippen molar-refractivity contribution in [2.24, 2.45) is 0 Å². The van der Waals surface area contributed by atoms with E-state index in [1.165, 1.54) is 0 Å². The summed E-state index contributed by atoms with van der Waals surface area (Å²) in [7, 11) is 1.83. The molecule has 1 rings (SSSR count). The smallest absolute Gasteiger partial charge is 0.256 e. The molecule has 0 atom stereocenters. The normalized spacial score (nSPS) is 11.8. The number of rotatable bonds is 10. The third kappa shape index (κ3) is 7.95. The highest BCUT2D eigenvalue weighted by molar-refractivity contribution is 9.11. The number of anilines is 1. The van der Waals surface area contributed by atoms with E-state index in [2.05, 4.69) is 36.9 Å². The summed E-state index contributed by atoms with van der Waals surface area (Å²) in [5.74, 6) is 0.514. The van der Waals surface area contributed by atoms with Crippen molar-refractivity contribution >= 4 is 34.1 Å². The van der Waals surface area contributed by atoms with Gasteiger partial charge in [0.05, 0.1) is 12.2 Å². The van der Waals surface area contributed by atoms with Crippen LogP contribution in [0.5, 0.6) is 0 Å². The summed E-state index contributed by atoms with van der Waals surface area (Å²) in [6, 6.07) is 3.51. The Labute approximate surface area is 156 Å². The van der Waals surface area contributed by atoms with Crippen LogP contribution in [0.15, 0.2) is 40.7 Å². The summed E-state index contributed by atoms with van der Waals surface area (Å²) in [4.78, 5) is 28.9. The van der Waals surface area contributed by atoms with Gasteiger partial charge in [0.1, 0.15) is 5.82 Å². The molecule has 0 unspecified atom stereocenters. The van der Waals surface area contributed by atoms with Crippen LogP contribution in [0.1, 0.15) is 24.2 Å². The molecule has 0 aromatic carbocycles. The lowest BCUT2D eigenvalue weighted by molar-refractivity contribution is -0.109. The fourth-order valence-corrected chi connectivity index (χ4v) is 2.10. The number of nitrogens with zero attached hydrogens (tertiary/aromatic N) is 2. The summed E-state index contributed by atoms with van der Waals surface area (Å²) in [6.07, 6.45) is 5.89. The molecule has 0 aliphatic carbocycles. The zero-order valence-corrected chi connectivity index (χ0v) is 16.3. The Morgan fingerprint density at radius 1 is 1.32 bits per heavy atom. The zero-order chi connectivity index (χ0) is 18.7. The van der Waals surface area contributed by atoms with E-state index >= 15 is 0 Å². The van der Waals surface area contributed by atoms with E-state index in [4.69, 9.17) is 0 Å². The molecule has 0 saturated heterocycles. The van der Waals surface area contributed by atoms with E-state index in [9.17, 15) is 9.59 Å². The summed E-state index contributed by atoms with van der Waals surface area (Å²) < 4.78 is 0.973. The van der Waals surface area contributed by atoms with Crippen molar-refractivity contribution < 1.29 is 9.59 Å². The first-order valence-corrected chi connectivity index (χ1v) is 8.62. The van der Waals surface area contributed by atoms with Crippen molar-refractivity contribution in [3.8, 4) is 0 Å². The summed E-state index contributed by atoms with van der Waals surface area (Å²) >= 11 is 3.33. The van der Waals surface area contributed by atoms with E-state index in [0.29, 0.717) is 31.7 Å². The second-order valence-electron chi connectivity index (χ2n) is 5.31. The SMILES string of the molecule is CNCN(CCNC=O)c1ccc(C(=O)N/C(C)=C/C=C(\C)Br)cn1. The van der Waals surface area contributed by atoms with Crippen LogP contribution < -0.4 is 20.9 Å². The number of carbonyl (C=O) groups is 2. The molecule has 136 valence electrons. The first kappa shape index (κ1) is 20.9. The van der Waals surface area contributed by atoms with Crippen molar-refractivity contribution in [1.29, 1.82) is 0 Å². The van der Waals surface area contributed by atoms with Crippen molar-refractivity contribution in [2.45, 2.75) is 13.8 Å². The lowest BCUT2D eigenvalue weighted by Crippen LogP contribution is -2.38. The minimum Gasteiger partial charge on any atom is -0.357 e. The van der Waals surface area contributed by atoms with Crippen LogP contribution in [0.2, 0.25) is 0 Å². The van der Waals surface area contributed by atoms with Crippen LogP contribution in [0.4, 0.5) is 5.82 Å². The highest BCUT2D eigenvalue weighted by Crippen LogP contribution is 2.11. The molecular formula is C17H24BrN5O2. The quantitative estimate of drug-likeness (QED) is 0.237. The summed E-state index contributed by atoms with van der Waals surface area (Å²) in [5.41, 5.74) is 1.22. The lowest BCUT2D eigenvalue weighted by atomic mass is 10.2. The molecule has 0 spiro atoms. The topological polar surface area (TPSA) is 86.4 Å². The average molecular weight is 410 g/mol. The summed E-state index contributed by atoms with van der Waals surface area (Å²) in [6.45, 7) is 5.44. The monoisotopic (exact) mass is 409 g/mol. The molecule has 25 heavy (non-hydrogen) atoms. The maximum absolute atomic E-state index is 12.2. The predicted octanol–water partition coefficient (Wildman–Crippen LogP) is 1.74. The maximum atomic E-state index is 12.2. The van der Waals surface area contributed by atoms with Gasteiger partial charge in [-0.2, -0.15) is 0 Å². The Morgan fingerprint density at radius 3 is 2.64 bits per heavy atom. The van der Waals surface area contributed by atoms with Crippen molar-refractivity contribution in [3.63, 3.8) is 0 Å². The Bertz CT molecular complexity index is 624. The average Bonchev–Trinajstić information content (AvgIpc) is 2.59. The number of hydrogen-bond donors (Lipinski definition) is 3. The van der Waals surface area contributed by atoms with Crippen molar-refractivity contribution in [3.05, 3.63) is 46.2 Å². The molecule has 0 aliphatic rings. The van der Waals surface area contributed by atoms with Crippen LogP contribution >= 0.6 is 15.9 Å². The molecule has 1 aromatic rings. The number of amides is 2. The van der Waals surface area contributed by atoms with Gasteiger partial charge in [-0.25, -0.2) is 4.98 Å². The third-order valence-corrected chi connectivity index (χ3v) is 3.43. The number of halogens is 1. The second kappa shape index (κ2) is 11.4. The Hall–Kier alpha value is -2.19. The van der Waals surface area contributed by atoms with Crippen molar-refractivity contribution in [1.82, 2.24) is 20.9 Å². The van der Waals surface area contributed by atoms with Gasteiger partial charge in [-0.3, -0.25) is 9.59 Å². The van der Waals surface area contributed by atoms with Crippen molar-refractivity contribution in [2.75, 3.05) is 31.7 Å². The van der Waals surface area contributed by atoms with Crippen LogP contribution in [-0.4, -0.2) is 44.1 Å². The molecule has 7 nitrogen and oxygen atoms in total. The van der Waals surface area contributed by atoms with Gasteiger partial charge in [0.15, 0.2) is 0 Å². The third-order valence-electron chi connectivity index (χ3n) is 3.17. The fourth-order valence-electron chi connectivity index (χ4n) is 1.96. The minimum atomic E-state index is -0.212. The first-order valence-electron chi connectivity index (χ1n) is 7.82. The van der Waals surface area contributed by atoms with Crippen LogP contribution in [0.3, 0.4) is 0 Å². The highest BCUT2D eigenvalue weighted by Gasteiger charge is 2.10. The lowest BCUT2D eigenvalue weighted by Gasteiger charge is -2.23. The van der Waals surface area contributed by atoms with Gasteiger partial charge in [0, 0.05) is 25.0 Å². The number of allylic oxidation sites excluding steroid dienone is 4. The molecule has 1 heterocycles. The van der Waals surface area contributed by atoms with E-state index in [1.807, 2.05) is 37.9 Å². The Balaban J connectivity index is 2.75. The van der Waals surface area contributed by atoms with E-state index in [1.54, 1.807) is 18.3 Å². The van der Waals surface area contributed by atoms with Crippen LogP contribution in [-0.2, 0) is 4.79 Å². The standard InChI is InChI=1S/C17H24BrN5O2/c1-13(18)4-5-14(2)22-17(25)15-6-7-16(21-10-15)23(11-19-3)9-8-20-12-24/h4-7,10,12,19H,8-9,11H2,1-3H3,(H,20,24)(H,22,25)/b13-4+,14-5+. The molecule has 0 fully saturated rings. The number of nitrogens with one attached hydrogen (secondary N) is 3. The number of aromatic nitrogens is 1. The first-order chi connectivity index (χ1) is 12.0. The number of hydrogen-bond acceptors (Lipinski definition) is 5. The van der Waals surface area contributed by atoms with E-state index in [0.717, 1.165) is 16.0 Å². The fraction of sp³-hybridized carbons (Fsp3) is 0.353. The molecule has 0 aliphatic heterocycles. The van der Waals surface area contributed by atoms with Gasteiger partial charge >= 0.3 is 0 Å². The zero-order valence-electron chi connectivity index (χ0n) is 14.7. The van der Waals surface area contributed by atoms with E-state index in [-0.39, 0.29) is 5.91 Å². The van der Waals surface area contributed by atoms with Gasteiger partial charge in [-0.1, -0.05) is 22.0 Å². The molecule has 3 N–H and O–H groups in total. The van der Waals surface area contributed by atoms with Gasteiger partial charge in [-0.05, 0) is 43.6 Å².